The van der Waals surface area contributed by atoms with E-state index in [-0.39, 0.29) is 6.61 Å². The highest BCUT2D eigenvalue weighted by molar-refractivity contribution is 5.66. The van der Waals surface area contributed by atoms with Crippen molar-refractivity contribution < 1.29 is 27.8 Å². The molecule has 5 nitrogen and oxygen atoms in total. The lowest BCUT2D eigenvalue weighted by Crippen LogP contribution is -2.72. The van der Waals surface area contributed by atoms with Gasteiger partial charge in [0.05, 0.1) is 13.1 Å². The van der Waals surface area contributed by atoms with Crippen molar-refractivity contribution in [3.8, 4) is 0 Å². The Balaban J connectivity index is 1.72. The maximum Gasteiger partial charge on any atom is 0.422 e. The average molecular weight is 290 g/mol. The molecule has 1 fully saturated rings. The summed E-state index contributed by atoms with van der Waals surface area (Å²) in [6, 6.07) is 8.85. The number of hydrogen-bond acceptors (Lipinski definition) is 4. The van der Waals surface area contributed by atoms with Crippen molar-refractivity contribution in [3.05, 3.63) is 35.9 Å². The van der Waals surface area contributed by atoms with Crippen LogP contribution in [0.4, 0.5) is 18.0 Å². The van der Waals surface area contributed by atoms with Crippen molar-refractivity contribution in [3.63, 3.8) is 0 Å². The largest absolute Gasteiger partial charge is 0.444 e. The average Bonchev–Trinajstić information content (AvgIpc) is 2.34. The molecule has 1 aliphatic rings. The van der Waals surface area contributed by atoms with Gasteiger partial charge in [0, 0.05) is 0 Å². The molecule has 0 aliphatic carbocycles. The number of nitrogens with zero attached hydrogens (tertiary/aromatic N) is 1. The van der Waals surface area contributed by atoms with Crippen LogP contribution in [0.15, 0.2) is 30.3 Å². The summed E-state index contributed by atoms with van der Waals surface area (Å²) in [5.74, 6) is 0. The van der Waals surface area contributed by atoms with Crippen LogP contribution in [0.1, 0.15) is 5.56 Å². The molecule has 0 unspecified atom stereocenters. The van der Waals surface area contributed by atoms with Gasteiger partial charge in [0.1, 0.15) is 6.61 Å². The number of hydrogen-bond donors (Lipinski definition) is 2. The molecule has 20 heavy (non-hydrogen) atoms. The lowest BCUT2D eigenvalue weighted by Gasteiger charge is -2.46. The lowest BCUT2D eigenvalue weighted by molar-refractivity contribution is -0.306. The molecule has 0 aromatic heterocycles. The highest BCUT2D eigenvalue weighted by Gasteiger charge is 2.61. The quantitative estimate of drug-likeness (QED) is 0.884. The van der Waals surface area contributed by atoms with Crippen molar-refractivity contribution in [1.29, 1.82) is 0 Å². The van der Waals surface area contributed by atoms with E-state index < -0.39 is 31.0 Å². The predicted molar refractivity (Wildman–Crippen MR) is 62.3 cm³/mol. The number of amides is 1. The summed E-state index contributed by atoms with van der Waals surface area (Å²) < 4.78 is 41.9. The Kier molecular flexibility index (Phi) is 3.87. The Morgan fingerprint density at radius 1 is 1.35 bits per heavy atom. The molecule has 110 valence electrons. The van der Waals surface area contributed by atoms with Crippen LogP contribution < -0.4 is 5.43 Å². The van der Waals surface area contributed by atoms with Crippen LogP contribution in [-0.2, 0) is 11.3 Å². The molecule has 2 N–H and O–H groups in total. The molecule has 0 spiro atoms. The van der Waals surface area contributed by atoms with Gasteiger partial charge in [0.25, 0.3) is 0 Å². The highest BCUT2D eigenvalue weighted by Crippen LogP contribution is 2.36. The van der Waals surface area contributed by atoms with Crippen LogP contribution in [0.5, 0.6) is 0 Å². The van der Waals surface area contributed by atoms with Gasteiger partial charge in [0.2, 0.25) is 0 Å². The second-order valence-corrected chi connectivity index (χ2v) is 4.56. The highest BCUT2D eigenvalue weighted by atomic mass is 19.4. The SMILES string of the molecule is O=C(NN1CC(O)(C(F)(F)F)C1)OCc1ccccc1. The monoisotopic (exact) mass is 290 g/mol. The molecular formula is C12H13F3N2O3. The van der Waals surface area contributed by atoms with Crippen LogP contribution >= 0.6 is 0 Å². The minimum Gasteiger partial charge on any atom is -0.444 e. The number of β-amino-alcohol motifs (C(OH)–C–C–N with tert-alkyl or cyclic N) is 1. The second-order valence-electron chi connectivity index (χ2n) is 4.56. The minimum atomic E-state index is -4.71. The van der Waals surface area contributed by atoms with E-state index >= 15 is 0 Å². The second kappa shape index (κ2) is 5.29. The van der Waals surface area contributed by atoms with Crippen LogP contribution in [-0.4, -0.2) is 41.1 Å². The zero-order chi connectivity index (χ0) is 14.8. The smallest absolute Gasteiger partial charge is 0.422 e. The number of carbonyl (C=O) groups is 1. The zero-order valence-electron chi connectivity index (χ0n) is 10.4. The molecule has 1 aliphatic heterocycles. The number of benzene rings is 1. The molecule has 1 amide bonds. The fourth-order valence-electron chi connectivity index (χ4n) is 1.73. The molecule has 1 saturated heterocycles. The van der Waals surface area contributed by atoms with Crippen molar-refractivity contribution in [2.75, 3.05) is 13.1 Å². The number of ether oxygens (including phenoxy) is 1. The van der Waals surface area contributed by atoms with Gasteiger partial charge in [0.15, 0.2) is 5.60 Å². The standard InChI is InChI=1S/C12H13F3N2O3/c13-12(14,15)11(19)7-17(8-11)16-10(18)20-6-9-4-2-1-3-5-9/h1-5,19H,6-8H2,(H,16,18). The molecule has 1 aromatic rings. The first-order valence-electron chi connectivity index (χ1n) is 5.81. The molecule has 0 bridgehead atoms. The third-order valence-corrected chi connectivity index (χ3v) is 2.89. The number of nitrogens with one attached hydrogen (secondary N) is 1. The molecular weight excluding hydrogens is 277 g/mol. The van der Waals surface area contributed by atoms with Gasteiger partial charge in [-0.25, -0.2) is 9.80 Å². The van der Waals surface area contributed by atoms with E-state index in [9.17, 15) is 23.1 Å². The van der Waals surface area contributed by atoms with E-state index in [4.69, 9.17) is 4.74 Å². The van der Waals surface area contributed by atoms with Crippen molar-refractivity contribution in [2.45, 2.75) is 18.4 Å². The van der Waals surface area contributed by atoms with Gasteiger partial charge in [-0.3, -0.25) is 5.43 Å². The van der Waals surface area contributed by atoms with E-state index in [1.165, 1.54) is 0 Å². The van der Waals surface area contributed by atoms with E-state index in [0.29, 0.717) is 0 Å². The Morgan fingerprint density at radius 3 is 2.50 bits per heavy atom. The summed E-state index contributed by atoms with van der Waals surface area (Å²) in [6.45, 7) is -1.40. The molecule has 0 radical (unpaired) electrons. The summed E-state index contributed by atoms with van der Waals surface area (Å²) >= 11 is 0. The number of alkyl halides is 3. The van der Waals surface area contributed by atoms with E-state index in [2.05, 4.69) is 5.43 Å². The summed E-state index contributed by atoms with van der Waals surface area (Å²) in [6.07, 6.45) is -5.57. The van der Waals surface area contributed by atoms with Gasteiger partial charge < -0.3 is 9.84 Å². The van der Waals surface area contributed by atoms with Crippen molar-refractivity contribution in [2.24, 2.45) is 0 Å². The fraction of sp³-hybridized carbons (Fsp3) is 0.417. The van der Waals surface area contributed by atoms with Gasteiger partial charge in [-0.1, -0.05) is 30.3 Å². The Bertz CT molecular complexity index is 473. The van der Waals surface area contributed by atoms with Crippen LogP contribution in [0.25, 0.3) is 0 Å². The number of halogens is 3. The zero-order valence-corrected chi connectivity index (χ0v) is 10.4. The van der Waals surface area contributed by atoms with Crippen LogP contribution in [0, 0.1) is 0 Å². The van der Waals surface area contributed by atoms with Crippen molar-refractivity contribution >= 4 is 6.09 Å². The fourth-order valence-corrected chi connectivity index (χ4v) is 1.73. The Hall–Kier alpha value is -1.80. The Labute approximate surface area is 112 Å². The number of hydrazine groups is 1. The molecule has 0 saturated carbocycles. The molecule has 2 rings (SSSR count). The minimum absolute atomic E-state index is 0.0179. The van der Waals surface area contributed by atoms with Crippen LogP contribution in [0.3, 0.4) is 0 Å². The van der Waals surface area contributed by atoms with Gasteiger partial charge in [-0.05, 0) is 5.56 Å². The summed E-state index contributed by atoms with van der Waals surface area (Å²) in [4.78, 5) is 11.3. The van der Waals surface area contributed by atoms with Gasteiger partial charge in [-0.15, -0.1) is 0 Å². The molecule has 1 aromatic carbocycles. The summed E-state index contributed by atoms with van der Waals surface area (Å²) in [5, 5.41) is 10.1. The van der Waals surface area contributed by atoms with E-state index in [1.807, 2.05) is 6.07 Å². The van der Waals surface area contributed by atoms with E-state index in [1.54, 1.807) is 24.3 Å². The first kappa shape index (κ1) is 14.6. The summed E-state index contributed by atoms with van der Waals surface area (Å²) in [5.41, 5.74) is 0.124. The van der Waals surface area contributed by atoms with Gasteiger partial charge in [-0.2, -0.15) is 13.2 Å². The maximum atomic E-state index is 12.3. The first-order chi connectivity index (χ1) is 9.30. The molecule has 1 heterocycles. The topological polar surface area (TPSA) is 61.8 Å². The Morgan fingerprint density at radius 2 is 1.95 bits per heavy atom. The van der Waals surface area contributed by atoms with Crippen molar-refractivity contribution in [1.82, 2.24) is 10.4 Å². The molecule has 0 atom stereocenters. The third kappa shape index (κ3) is 3.20. The predicted octanol–water partition coefficient (Wildman–Crippen LogP) is 1.44. The number of rotatable bonds is 3. The van der Waals surface area contributed by atoms with Gasteiger partial charge >= 0.3 is 12.3 Å². The normalized spacial score (nSPS) is 18.2. The lowest BCUT2D eigenvalue weighted by atomic mass is 9.96. The summed E-state index contributed by atoms with van der Waals surface area (Å²) in [7, 11) is 0. The number of carbonyl (C=O) groups excluding carboxylic acids is 1. The van der Waals surface area contributed by atoms with Crippen LogP contribution in [0.2, 0.25) is 0 Å². The first-order valence-corrected chi connectivity index (χ1v) is 5.81. The van der Waals surface area contributed by atoms with E-state index in [0.717, 1.165) is 10.6 Å². The number of aliphatic hydroxyl groups is 1. The maximum absolute atomic E-state index is 12.3. The third-order valence-electron chi connectivity index (χ3n) is 2.89. The molecule has 8 heteroatoms.